The highest BCUT2D eigenvalue weighted by atomic mass is 32.2. The van der Waals surface area contributed by atoms with Crippen LogP contribution >= 0.6 is 0 Å². The summed E-state index contributed by atoms with van der Waals surface area (Å²) in [4.78, 5) is -0.230. The standard InChI is InChI=1S/C14H11FN2O3S/c1-9-13-8-11(5-6-14(13)17-16-9)20-21(18,19)12-4-2-3-10(15)7-12/h2-8H,1H3,(H,16,17). The highest BCUT2D eigenvalue weighted by Gasteiger charge is 2.17. The molecule has 0 unspecified atom stereocenters. The number of nitrogens with one attached hydrogen (secondary N) is 1. The van der Waals surface area contributed by atoms with Crippen molar-refractivity contribution < 1.29 is 17.0 Å². The van der Waals surface area contributed by atoms with Crippen LogP contribution in [0, 0.1) is 12.7 Å². The number of benzene rings is 2. The molecule has 0 radical (unpaired) electrons. The summed E-state index contributed by atoms with van der Waals surface area (Å²) in [5, 5.41) is 7.60. The summed E-state index contributed by atoms with van der Waals surface area (Å²) in [7, 11) is -4.07. The summed E-state index contributed by atoms with van der Waals surface area (Å²) >= 11 is 0. The highest BCUT2D eigenvalue weighted by molar-refractivity contribution is 7.87. The molecule has 0 aliphatic rings. The van der Waals surface area contributed by atoms with Gasteiger partial charge in [-0.15, -0.1) is 0 Å². The van der Waals surface area contributed by atoms with E-state index in [0.717, 1.165) is 22.7 Å². The Morgan fingerprint density at radius 3 is 2.76 bits per heavy atom. The van der Waals surface area contributed by atoms with Crippen LogP contribution in [0.25, 0.3) is 10.9 Å². The van der Waals surface area contributed by atoms with Crippen molar-refractivity contribution in [2.24, 2.45) is 0 Å². The highest BCUT2D eigenvalue weighted by Crippen LogP contribution is 2.24. The molecule has 0 spiro atoms. The Hall–Kier alpha value is -2.41. The van der Waals surface area contributed by atoms with Crippen LogP contribution < -0.4 is 4.18 Å². The minimum atomic E-state index is -4.07. The van der Waals surface area contributed by atoms with E-state index in [9.17, 15) is 12.8 Å². The number of aromatic amines is 1. The van der Waals surface area contributed by atoms with Gasteiger partial charge >= 0.3 is 10.1 Å². The largest absolute Gasteiger partial charge is 0.379 e. The molecule has 0 aliphatic carbocycles. The zero-order valence-electron chi connectivity index (χ0n) is 11.0. The third-order valence-corrected chi connectivity index (χ3v) is 4.26. The maximum atomic E-state index is 13.1. The fourth-order valence-electron chi connectivity index (χ4n) is 1.97. The van der Waals surface area contributed by atoms with Crippen molar-refractivity contribution >= 4 is 21.0 Å². The van der Waals surface area contributed by atoms with Gasteiger partial charge in [-0.25, -0.2) is 4.39 Å². The minimum Gasteiger partial charge on any atom is -0.379 e. The first-order valence-electron chi connectivity index (χ1n) is 6.10. The molecule has 0 fully saturated rings. The molecule has 1 aromatic heterocycles. The van der Waals surface area contributed by atoms with Crippen LogP contribution in [0.4, 0.5) is 4.39 Å². The van der Waals surface area contributed by atoms with Gasteiger partial charge in [0.1, 0.15) is 16.5 Å². The number of H-pyrrole nitrogens is 1. The third kappa shape index (κ3) is 2.59. The van der Waals surface area contributed by atoms with Crippen LogP contribution in [0.3, 0.4) is 0 Å². The smallest absolute Gasteiger partial charge is 0.339 e. The van der Waals surface area contributed by atoms with Crippen LogP contribution in [-0.4, -0.2) is 18.6 Å². The maximum absolute atomic E-state index is 13.1. The number of rotatable bonds is 3. The van der Waals surface area contributed by atoms with E-state index in [1.807, 2.05) is 0 Å². The van der Waals surface area contributed by atoms with E-state index in [1.54, 1.807) is 19.1 Å². The van der Waals surface area contributed by atoms with E-state index in [-0.39, 0.29) is 10.6 Å². The van der Waals surface area contributed by atoms with Gasteiger partial charge < -0.3 is 4.18 Å². The fourth-order valence-corrected chi connectivity index (χ4v) is 2.93. The summed E-state index contributed by atoms with van der Waals surface area (Å²) < 4.78 is 42.4. The number of halogens is 1. The molecule has 108 valence electrons. The molecule has 0 bridgehead atoms. The van der Waals surface area contributed by atoms with Crippen LogP contribution in [0.5, 0.6) is 5.75 Å². The van der Waals surface area contributed by atoms with Crippen molar-refractivity contribution in [3.63, 3.8) is 0 Å². The predicted molar refractivity (Wildman–Crippen MR) is 75.0 cm³/mol. The Bertz CT molecular complexity index is 919. The van der Waals surface area contributed by atoms with Crippen molar-refractivity contribution in [1.82, 2.24) is 10.2 Å². The number of hydrogen-bond donors (Lipinski definition) is 1. The van der Waals surface area contributed by atoms with Gasteiger partial charge in [0.2, 0.25) is 0 Å². The van der Waals surface area contributed by atoms with Crippen molar-refractivity contribution in [2.45, 2.75) is 11.8 Å². The first-order valence-corrected chi connectivity index (χ1v) is 7.51. The first-order chi connectivity index (χ1) is 9.95. The average molecular weight is 306 g/mol. The van der Waals surface area contributed by atoms with Crippen LogP contribution in [0.15, 0.2) is 47.4 Å². The molecule has 0 saturated carbocycles. The molecule has 7 heteroatoms. The Morgan fingerprint density at radius 2 is 2.00 bits per heavy atom. The van der Waals surface area contributed by atoms with Gasteiger partial charge in [-0.05, 0) is 43.3 Å². The van der Waals surface area contributed by atoms with Crippen molar-refractivity contribution in [3.8, 4) is 5.75 Å². The van der Waals surface area contributed by atoms with Gasteiger partial charge in [0.05, 0.1) is 11.2 Å². The Labute approximate surface area is 120 Å². The predicted octanol–water partition coefficient (Wildman–Crippen LogP) is 2.78. The molecule has 21 heavy (non-hydrogen) atoms. The molecular weight excluding hydrogens is 295 g/mol. The second kappa shape index (κ2) is 4.85. The lowest BCUT2D eigenvalue weighted by atomic mass is 10.2. The van der Waals surface area contributed by atoms with Crippen LogP contribution in [-0.2, 0) is 10.1 Å². The quantitative estimate of drug-likeness (QED) is 0.755. The molecular formula is C14H11FN2O3S. The Kier molecular flexibility index (Phi) is 3.13. The number of hydrogen-bond acceptors (Lipinski definition) is 4. The second-order valence-corrected chi connectivity index (χ2v) is 6.06. The topological polar surface area (TPSA) is 72.0 Å². The van der Waals surface area contributed by atoms with Gasteiger partial charge in [0.15, 0.2) is 0 Å². The lowest BCUT2D eigenvalue weighted by Crippen LogP contribution is -2.09. The summed E-state index contributed by atoms with van der Waals surface area (Å²) in [5.74, 6) is -0.489. The minimum absolute atomic E-state index is 0.149. The molecule has 0 atom stereocenters. The normalized spacial score (nSPS) is 11.7. The lowest BCUT2D eigenvalue weighted by Gasteiger charge is -2.07. The second-order valence-electron chi connectivity index (χ2n) is 4.51. The van der Waals surface area contributed by atoms with Crippen molar-refractivity contribution in [3.05, 3.63) is 54.0 Å². The molecule has 2 aromatic carbocycles. The first kappa shape index (κ1) is 13.6. The van der Waals surface area contributed by atoms with E-state index in [1.165, 1.54) is 24.3 Å². The van der Waals surface area contributed by atoms with E-state index in [2.05, 4.69) is 10.2 Å². The van der Waals surface area contributed by atoms with Gasteiger partial charge in [0.25, 0.3) is 0 Å². The molecule has 1 N–H and O–H groups in total. The number of aromatic nitrogens is 2. The van der Waals surface area contributed by atoms with Crippen molar-refractivity contribution in [1.29, 1.82) is 0 Å². The molecule has 5 nitrogen and oxygen atoms in total. The monoisotopic (exact) mass is 306 g/mol. The van der Waals surface area contributed by atoms with E-state index in [0.29, 0.717) is 0 Å². The number of fused-ring (bicyclic) bond motifs is 1. The molecule has 3 rings (SSSR count). The van der Waals surface area contributed by atoms with Gasteiger partial charge in [0, 0.05) is 5.39 Å². The summed E-state index contributed by atoms with van der Waals surface area (Å²) in [5.41, 5.74) is 1.52. The van der Waals surface area contributed by atoms with Crippen LogP contribution in [0.1, 0.15) is 5.69 Å². The third-order valence-electron chi connectivity index (χ3n) is 3.02. The molecule has 3 aromatic rings. The lowest BCUT2D eigenvalue weighted by molar-refractivity contribution is 0.485. The summed E-state index contributed by atoms with van der Waals surface area (Å²) in [6.07, 6.45) is 0. The SMILES string of the molecule is Cc1n[nH]c2ccc(OS(=O)(=O)c3cccc(F)c3)cc12. The Morgan fingerprint density at radius 1 is 1.19 bits per heavy atom. The molecule has 0 aliphatic heterocycles. The van der Waals surface area contributed by atoms with E-state index in [4.69, 9.17) is 4.18 Å². The molecule has 0 amide bonds. The molecule has 0 saturated heterocycles. The zero-order chi connectivity index (χ0) is 15.0. The van der Waals surface area contributed by atoms with E-state index >= 15 is 0 Å². The van der Waals surface area contributed by atoms with E-state index < -0.39 is 15.9 Å². The van der Waals surface area contributed by atoms with Gasteiger partial charge in [-0.3, -0.25) is 5.10 Å². The van der Waals surface area contributed by atoms with Crippen LogP contribution in [0.2, 0.25) is 0 Å². The summed E-state index contributed by atoms with van der Waals surface area (Å²) in [6, 6.07) is 9.43. The number of nitrogens with zero attached hydrogens (tertiary/aromatic N) is 1. The summed E-state index contributed by atoms with van der Waals surface area (Å²) in [6.45, 7) is 1.80. The zero-order valence-corrected chi connectivity index (χ0v) is 11.8. The number of aryl methyl sites for hydroxylation is 1. The maximum Gasteiger partial charge on any atom is 0.339 e. The van der Waals surface area contributed by atoms with Gasteiger partial charge in [-0.1, -0.05) is 6.07 Å². The van der Waals surface area contributed by atoms with Crippen molar-refractivity contribution in [2.75, 3.05) is 0 Å². The van der Waals surface area contributed by atoms with Gasteiger partial charge in [-0.2, -0.15) is 13.5 Å². The Balaban J connectivity index is 1.98. The average Bonchev–Trinajstić information content (AvgIpc) is 2.80. The fraction of sp³-hybridized carbons (Fsp3) is 0.0714. The molecule has 1 heterocycles.